The van der Waals surface area contributed by atoms with Gasteiger partial charge in [-0.25, -0.2) is 9.59 Å². The number of benzene rings is 1. The number of aryl methyl sites for hydroxylation is 1. The van der Waals surface area contributed by atoms with Crippen molar-refractivity contribution in [1.29, 1.82) is 0 Å². The van der Waals surface area contributed by atoms with Gasteiger partial charge in [-0.3, -0.25) is 0 Å². The number of ether oxygens (including phenoxy) is 2. The predicted molar refractivity (Wildman–Crippen MR) is 102 cm³/mol. The molecule has 1 aromatic carbocycles. The highest BCUT2D eigenvalue weighted by molar-refractivity contribution is 6.05. The molecule has 0 unspecified atom stereocenters. The maximum Gasteiger partial charge on any atom is 0.342 e. The third kappa shape index (κ3) is 6.04. The standard InChI is InChI=1S/C21H32O5/c1-5-7-8-9-10-11-12-13-16-15(3)14-17(20(23)26-6-2)18(19(16)22)21(24)25-4/h14,22H,5-13H2,1-4H3. The smallest absolute Gasteiger partial charge is 0.342 e. The summed E-state index contributed by atoms with van der Waals surface area (Å²) in [6.45, 7) is 5.92. The number of hydrogen-bond donors (Lipinski definition) is 1. The maximum atomic E-state index is 12.1. The first-order chi connectivity index (χ1) is 12.5. The molecule has 0 aliphatic rings. The van der Waals surface area contributed by atoms with E-state index in [4.69, 9.17) is 9.47 Å². The van der Waals surface area contributed by atoms with Gasteiger partial charge in [-0.05, 0) is 43.9 Å². The van der Waals surface area contributed by atoms with Gasteiger partial charge in [0.05, 0.1) is 19.3 Å². The quantitative estimate of drug-likeness (QED) is 0.444. The van der Waals surface area contributed by atoms with Crippen molar-refractivity contribution < 1.29 is 24.2 Å². The molecule has 0 heterocycles. The van der Waals surface area contributed by atoms with Gasteiger partial charge in [0.25, 0.3) is 0 Å². The number of aromatic hydroxyl groups is 1. The highest BCUT2D eigenvalue weighted by Crippen LogP contribution is 2.32. The van der Waals surface area contributed by atoms with Gasteiger partial charge in [0.1, 0.15) is 11.3 Å². The van der Waals surface area contributed by atoms with E-state index in [1.165, 1.54) is 39.2 Å². The Morgan fingerprint density at radius 2 is 1.62 bits per heavy atom. The molecule has 0 saturated heterocycles. The highest BCUT2D eigenvalue weighted by Gasteiger charge is 2.26. The van der Waals surface area contributed by atoms with Crippen LogP contribution in [0.25, 0.3) is 0 Å². The van der Waals surface area contributed by atoms with Crippen LogP contribution in [0.3, 0.4) is 0 Å². The summed E-state index contributed by atoms with van der Waals surface area (Å²) in [5.41, 5.74) is 1.43. The lowest BCUT2D eigenvalue weighted by Gasteiger charge is -2.15. The predicted octanol–water partition coefficient (Wildman–Crippen LogP) is 4.96. The molecule has 0 amide bonds. The van der Waals surface area contributed by atoms with E-state index in [1.54, 1.807) is 13.0 Å². The van der Waals surface area contributed by atoms with Gasteiger partial charge >= 0.3 is 11.9 Å². The number of phenolic OH excluding ortho intramolecular Hbond substituents is 1. The second-order valence-corrected chi connectivity index (χ2v) is 6.53. The van der Waals surface area contributed by atoms with E-state index in [2.05, 4.69) is 6.92 Å². The van der Waals surface area contributed by atoms with Crippen LogP contribution in [0, 0.1) is 6.92 Å². The molecular weight excluding hydrogens is 332 g/mol. The monoisotopic (exact) mass is 364 g/mol. The highest BCUT2D eigenvalue weighted by atomic mass is 16.5. The van der Waals surface area contributed by atoms with Crippen molar-refractivity contribution in [3.8, 4) is 5.75 Å². The Morgan fingerprint density at radius 3 is 2.19 bits per heavy atom. The second kappa shape index (κ2) is 11.6. The molecule has 0 atom stereocenters. The van der Waals surface area contributed by atoms with Crippen molar-refractivity contribution in [2.24, 2.45) is 0 Å². The van der Waals surface area contributed by atoms with E-state index in [9.17, 15) is 14.7 Å². The van der Waals surface area contributed by atoms with Crippen LogP contribution >= 0.6 is 0 Å². The van der Waals surface area contributed by atoms with Gasteiger partial charge in [0, 0.05) is 0 Å². The topological polar surface area (TPSA) is 72.8 Å². The van der Waals surface area contributed by atoms with E-state index >= 15 is 0 Å². The van der Waals surface area contributed by atoms with Crippen LogP contribution in [-0.4, -0.2) is 30.8 Å². The Kier molecular flexibility index (Phi) is 9.78. The summed E-state index contributed by atoms with van der Waals surface area (Å²) in [6, 6.07) is 1.61. The number of esters is 2. The van der Waals surface area contributed by atoms with Gasteiger partial charge in [-0.1, -0.05) is 45.4 Å². The van der Waals surface area contributed by atoms with E-state index in [-0.39, 0.29) is 23.5 Å². The zero-order valence-corrected chi connectivity index (χ0v) is 16.5. The lowest BCUT2D eigenvalue weighted by atomic mass is 9.93. The van der Waals surface area contributed by atoms with Gasteiger partial charge in [-0.2, -0.15) is 0 Å². The van der Waals surface area contributed by atoms with Gasteiger partial charge < -0.3 is 14.6 Å². The van der Waals surface area contributed by atoms with E-state index in [1.807, 2.05) is 6.92 Å². The minimum Gasteiger partial charge on any atom is -0.507 e. The van der Waals surface area contributed by atoms with Crippen molar-refractivity contribution in [3.05, 3.63) is 28.3 Å². The lowest BCUT2D eigenvalue weighted by molar-refractivity contribution is 0.0502. The van der Waals surface area contributed by atoms with Crippen molar-refractivity contribution in [2.45, 2.75) is 72.1 Å². The normalized spacial score (nSPS) is 10.6. The number of carbonyl (C=O) groups excluding carboxylic acids is 2. The number of rotatable bonds is 11. The Morgan fingerprint density at radius 1 is 1.00 bits per heavy atom. The fourth-order valence-corrected chi connectivity index (χ4v) is 3.09. The van der Waals surface area contributed by atoms with Crippen molar-refractivity contribution in [2.75, 3.05) is 13.7 Å². The minimum atomic E-state index is -0.730. The zero-order valence-electron chi connectivity index (χ0n) is 16.5. The first-order valence-electron chi connectivity index (χ1n) is 9.58. The summed E-state index contributed by atoms with van der Waals surface area (Å²) in [5, 5.41) is 10.6. The third-order valence-corrected chi connectivity index (χ3v) is 4.54. The molecule has 0 aliphatic carbocycles. The van der Waals surface area contributed by atoms with E-state index in [0.29, 0.717) is 12.0 Å². The van der Waals surface area contributed by atoms with Crippen LogP contribution in [0.15, 0.2) is 6.07 Å². The molecule has 26 heavy (non-hydrogen) atoms. The second-order valence-electron chi connectivity index (χ2n) is 6.53. The summed E-state index contributed by atoms with van der Waals surface area (Å²) >= 11 is 0. The van der Waals surface area contributed by atoms with Crippen molar-refractivity contribution in [3.63, 3.8) is 0 Å². The molecule has 0 fully saturated rings. The Balaban J connectivity index is 2.93. The average Bonchev–Trinajstić information content (AvgIpc) is 2.62. The van der Waals surface area contributed by atoms with E-state index in [0.717, 1.165) is 18.4 Å². The van der Waals surface area contributed by atoms with Crippen LogP contribution in [0.1, 0.15) is 90.6 Å². The lowest BCUT2D eigenvalue weighted by Crippen LogP contribution is -2.15. The number of carbonyl (C=O) groups is 2. The summed E-state index contributed by atoms with van der Waals surface area (Å²) in [5.74, 6) is -1.52. The average molecular weight is 364 g/mol. The summed E-state index contributed by atoms with van der Waals surface area (Å²) in [6.07, 6.45) is 8.85. The van der Waals surface area contributed by atoms with Crippen molar-refractivity contribution in [1.82, 2.24) is 0 Å². The molecule has 5 heteroatoms. The third-order valence-electron chi connectivity index (χ3n) is 4.54. The summed E-state index contributed by atoms with van der Waals surface area (Å²) in [4.78, 5) is 24.3. The Hall–Kier alpha value is -2.04. The van der Waals surface area contributed by atoms with Crippen LogP contribution in [0.2, 0.25) is 0 Å². The number of unbranched alkanes of at least 4 members (excludes halogenated alkanes) is 6. The van der Waals surface area contributed by atoms with Crippen LogP contribution in [0.4, 0.5) is 0 Å². The Labute approximate surface area is 156 Å². The molecule has 0 aromatic heterocycles. The molecule has 0 spiro atoms. The molecule has 0 aliphatic heterocycles. The number of phenols is 1. The molecule has 5 nitrogen and oxygen atoms in total. The fraction of sp³-hybridized carbons (Fsp3) is 0.619. The number of methoxy groups -OCH3 is 1. The van der Waals surface area contributed by atoms with Gasteiger partial charge in [0.2, 0.25) is 0 Å². The molecule has 0 saturated carbocycles. The maximum absolute atomic E-state index is 12.1. The summed E-state index contributed by atoms with van der Waals surface area (Å²) in [7, 11) is 1.23. The van der Waals surface area contributed by atoms with Gasteiger partial charge in [0.15, 0.2) is 0 Å². The van der Waals surface area contributed by atoms with Crippen LogP contribution < -0.4 is 0 Å². The van der Waals surface area contributed by atoms with Crippen LogP contribution in [0.5, 0.6) is 5.75 Å². The molecule has 1 N–H and O–H groups in total. The first-order valence-corrected chi connectivity index (χ1v) is 9.58. The molecular formula is C21H32O5. The zero-order chi connectivity index (χ0) is 19.5. The molecule has 1 aromatic rings. The van der Waals surface area contributed by atoms with Gasteiger partial charge in [-0.15, -0.1) is 0 Å². The molecule has 1 rings (SSSR count). The van der Waals surface area contributed by atoms with E-state index < -0.39 is 11.9 Å². The molecule has 146 valence electrons. The summed E-state index contributed by atoms with van der Waals surface area (Å²) < 4.78 is 9.76. The molecule has 0 radical (unpaired) electrons. The fourth-order valence-electron chi connectivity index (χ4n) is 3.09. The first kappa shape index (κ1) is 22.0. The number of hydrogen-bond acceptors (Lipinski definition) is 5. The molecule has 0 bridgehead atoms. The largest absolute Gasteiger partial charge is 0.507 e. The Bertz CT molecular complexity index is 607. The minimum absolute atomic E-state index is 0.0528. The van der Waals surface area contributed by atoms with Crippen molar-refractivity contribution >= 4 is 11.9 Å². The van der Waals surface area contributed by atoms with Crippen LogP contribution in [-0.2, 0) is 15.9 Å². The SMILES string of the molecule is CCCCCCCCCc1c(C)cc(C(=O)OCC)c(C(=O)OC)c1O.